The zero-order valence-electron chi connectivity index (χ0n) is 14.8. The van der Waals surface area contributed by atoms with Crippen LogP contribution >= 0.6 is 11.6 Å². The first-order valence-electron chi connectivity index (χ1n) is 8.15. The normalized spacial score (nSPS) is 10.8. The summed E-state index contributed by atoms with van der Waals surface area (Å²) in [6.07, 6.45) is 0. The van der Waals surface area contributed by atoms with Crippen LogP contribution in [0.25, 0.3) is 11.0 Å². The number of fused-ring (bicyclic) bond motifs is 1. The van der Waals surface area contributed by atoms with Gasteiger partial charge in [-0.3, -0.25) is 9.59 Å². The number of anilines is 1. The Balaban J connectivity index is 1.69. The fourth-order valence-electron chi connectivity index (χ4n) is 2.66. The number of hydrogen-bond donors (Lipinski definition) is 1. The second-order valence-electron chi connectivity index (χ2n) is 6.32. The molecule has 0 bridgehead atoms. The molecular weight excluding hydrogens is 352 g/mol. The molecule has 2 aromatic carbocycles. The van der Waals surface area contributed by atoms with Crippen LogP contribution in [-0.2, 0) is 4.79 Å². The number of amides is 2. The summed E-state index contributed by atoms with van der Waals surface area (Å²) >= 11 is 5.95. The van der Waals surface area contributed by atoms with Crippen LogP contribution in [0, 0.1) is 13.8 Å². The minimum Gasteiger partial charge on any atom is -0.451 e. The number of hydrogen-bond acceptors (Lipinski definition) is 3. The zero-order valence-corrected chi connectivity index (χ0v) is 15.6. The molecular formula is C20H19ClN2O3. The van der Waals surface area contributed by atoms with Crippen LogP contribution in [0.5, 0.6) is 0 Å². The molecule has 0 aliphatic rings. The van der Waals surface area contributed by atoms with E-state index in [1.165, 1.54) is 4.90 Å². The Bertz CT molecular complexity index is 994. The third-order valence-electron chi connectivity index (χ3n) is 4.08. The van der Waals surface area contributed by atoms with Gasteiger partial charge in [-0.05, 0) is 55.3 Å². The zero-order chi connectivity index (χ0) is 18.8. The quantitative estimate of drug-likeness (QED) is 0.739. The molecule has 1 N–H and O–H groups in total. The molecule has 1 heterocycles. The number of aryl methyl sites for hydroxylation is 2. The first-order valence-corrected chi connectivity index (χ1v) is 8.53. The van der Waals surface area contributed by atoms with E-state index in [2.05, 4.69) is 5.32 Å². The largest absolute Gasteiger partial charge is 0.451 e. The van der Waals surface area contributed by atoms with E-state index in [0.717, 1.165) is 22.2 Å². The highest BCUT2D eigenvalue weighted by molar-refractivity contribution is 6.31. The Hall–Kier alpha value is -2.79. The van der Waals surface area contributed by atoms with Crippen LogP contribution < -0.4 is 5.32 Å². The summed E-state index contributed by atoms with van der Waals surface area (Å²) in [5.41, 5.74) is 3.34. The first kappa shape index (κ1) is 18.0. The summed E-state index contributed by atoms with van der Waals surface area (Å²) in [6.45, 7) is 3.80. The lowest BCUT2D eigenvalue weighted by molar-refractivity contribution is -0.116. The van der Waals surface area contributed by atoms with Gasteiger partial charge in [0.1, 0.15) is 5.58 Å². The standard InChI is InChI=1S/C20H19ClN2O3/c1-12-4-5-13(2)16(8-12)22-19(24)11-23(3)20(25)18-10-14-9-15(21)6-7-17(14)26-18/h4-10H,11H2,1-3H3,(H,22,24). The molecule has 134 valence electrons. The van der Waals surface area contributed by atoms with Crippen molar-refractivity contribution in [2.75, 3.05) is 18.9 Å². The Kier molecular flexibility index (Phi) is 5.00. The second-order valence-corrected chi connectivity index (χ2v) is 6.76. The average molecular weight is 371 g/mol. The molecule has 3 rings (SSSR count). The summed E-state index contributed by atoms with van der Waals surface area (Å²) in [5, 5.41) is 4.15. The minimum absolute atomic E-state index is 0.0793. The number of likely N-dealkylation sites (N-methyl/N-ethyl adjacent to an activating group) is 1. The molecule has 0 aliphatic carbocycles. The molecule has 0 saturated carbocycles. The fraction of sp³-hybridized carbons (Fsp3) is 0.200. The maximum atomic E-state index is 12.5. The molecule has 0 fully saturated rings. The molecule has 3 aromatic rings. The third kappa shape index (κ3) is 3.89. The lowest BCUT2D eigenvalue weighted by Gasteiger charge is -2.16. The predicted octanol–water partition coefficient (Wildman–Crippen LogP) is 4.41. The number of nitrogens with zero attached hydrogens (tertiary/aromatic N) is 1. The molecule has 26 heavy (non-hydrogen) atoms. The van der Waals surface area contributed by atoms with Gasteiger partial charge in [-0.2, -0.15) is 0 Å². The van der Waals surface area contributed by atoms with Crippen molar-refractivity contribution < 1.29 is 14.0 Å². The van der Waals surface area contributed by atoms with Gasteiger partial charge < -0.3 is 14.6 Å². The minimum atomic E-state index is -0.367. The summed E-state index contributed by atoms with van der Waals surface area (Å²) in [6, 6.07) is 12.6. The van der Waals surface area contributed by atoms with E-state index in [0.29, 0.717) is 10.6 Å². The van der Waals surface area contributed by atoms with E-state index < -0.39 is 0 Å². The van der Waals surface area contributed by atoms with Gasteiger partial charge in [0.2, 0.25) is 5.91 Å². The van der Waals surface area contributed by atoms with Crippen LogP contribution in [0.2, 0.25) is 5.02 Å². The first-order chi connectivity index (χ1) is 12.3. The summed E-state index contributed by atoms with van der Waals surface area (Å²) in [4.78, 5) is 26.1. The van der Waals surface area contributed by atoms with E-state index in [9.17, 15) is 9.59 Å². The van der Waals surface area contributed by atoms with Gasteiger partial charge in [0.25, 0.3) is 5.91 Å². The van der Waals surface area contributed by atoms with Gasteiger partial charge in [-0.25, -0.2) is 0 Å². The van der Waals surface area contributed by atoms with E-state index >= 15 is 0 Å². The van der Waals surface area contributed by atoms with Crippen LogP contribution in [0.1, 0.15) is 21.7 Å². The number of carbonyl (C=O) groups excluding carboxylic acids is 2. The van der Waals surface area contributed by atoms with Crippen molar-refractivity contribution in [3.05, 3.63) is 64.4 Å². The smallest absolute Gasteiger partial charge is 0.289 e. The summed E-state index contributed by atoms with van der Waals surface area (Å²) in [7, 11) is 1.56. The molecule has 0 aliphatic heterocycles. The molecule has 0 atom stereocenters. The van der Waals surface area contributed by atoms with Gasteiger partial charge in [0, 0.05) is 23.1 Å². The number of furan rings is 1. The number of rotatable bonds is 4. The highest BCUT2D eigenvalue weighted by atomic mass is 35.5. The van der Waals surface area contributed by atoms with Gasteiger partial charge in [0.05, 0.1) is 6.54 Å². The van der Waals surface area contributed by atoms with Crippen molar-refractivity contribution in [1.82, 2.24) is 4.90 Å². The molecule has 5 nitrogen and oxygen atoms in total. The van der Waals surface area contributed by atoms with E-state index in [4.69, 9.17) is 16.0 Å². The van der Waals surface area contributed by atoms with Gasteiger partial charge in [-0.15, -0.1) is 0 Å². The maximum Gasteiger partial charge on any atom is 0.289 e. The van der Waals surface area contributed by atoms with Gasteiger partial charge >= 0.3 is 0 Å². The van der Waals surface area contributed by atoms with Crippen LogP contribution in [0.4, 0.5) is 5.69 Å². The van der Waals surface area contributed by atoms with Crippen LogP contribution in [-0.4, -0.2) is 30.3 Å². The van der Waals surface area contributed by atoms with Crippen molar-refractivity contribution in [3.8, 4) is 0 Å². The number of halogens is 1. The topological polar surface area (TPSA) is 62.6 Å². The Morgan fingerprint density at radius 2 is 1.88 bits per heavy atom. The highest BCUT2D eigenvalue weighted by Gasteiger charge is 2.19. The van der Waals surface area contributed by atoms with E-state index in [1.54, 1.807) is 31.3 Å². The lowest BCUT2D eigenvalue weighted by Crippen LogP contribution is -2.34. The van der Waals surface area contributed by atoms with Crippen LogP contribution in [0.15, 0.2) is 46.9 Å². The number of nitrogens with one attached hydrogen (secondary N) is 1. The fourth-order valence-corrected chi connectivity index (χ4v) is 2.84. The lowest BCUT2D eigenvalue weighted by atomic mass is 10.1. The van der Waals surface area contributed by atoms with Crippen molar-refractivity contribution in [2.24, 2.45) is 0 Å². The monoisotopic (exact) mass is 370 g/mol. The molecule has 0 radical (unpaired) electrons. The van der Waals surface area contributed by atoms with Crippen molar-refractivity contribution >= 4 is 40.1 Å². The predicted molar refractivity (Wildman–Crippen MR) is 103 cm³/mol. The van der Waals surface area contributed by atoms with Gasteiger partial charge in [-0.1, -0.05) is 23.7 Å². The average Bonchev–Trinajstić information content (AvgIpc) is 3.00. The molecule has 0 saturated heterocycles. The maximum absolute atomic E-state index is 12.5. The number of carbonyl (C=O) groups is 2. The molecule has 1 aromatic heterocycles. The number of benzene rings is 2. The van der Waals surface area contributed by atoms with E-state index in [-0.39, 0.29) is 24.1 Å². The summed E-state index contributed by atoms with van der Waals surface area (Å²) < 4.78 is 5.56. The van der Waals surface area contributed by atoms with Crippen LogP contribution in [0.3, 0.4) is 0 Å². The molecule has 6 heteroatoms. The Morgan fingerprint density at radius 3 is 2.65 bits per heavy atom. The Labute approximate surface area is 156 Å². The van der Waals surface area contributed by atoms with Crippen molar-refractivity contribution in [2.45, 2.75) is 13.8 Å². The second kappa shape index (κ2) is 7.22. The van der Waals surface area contributed by atoms with Crippen molar-refractivity contribution in [3.63, 3.8) is 0 Å². The Morgan fingerprint density at radius 1 is 1.12 bits per heavy atom. The molecule has 2 amide bonds. The van der Waals surface area contributed by atoms with Crippen molar-refractivity contribution in [1.29, 1.82) is 0 Å². The summed E-state index contributed by atoms with van der Waals surface area (Å²) in [5.74, 6) is -0.466. The van der Waals surface area contributed by atoms with E-state index in [1.807, 2.05) is 32.0 Å². The van der Waals surface area contributed by atoms with Gasteiger partial charge in [0.15, 0.2) is 5.76 Å². The SMILES string of the molecule is Cc1ccc(C)c(NC(=O)CN(C)C(=O)c2cc3cc(Cl)ccc3o2)c1. The molecule has 0 spiro atoms. The third-order valence-corrected chi connectivity index (χ3v) is 4.32. The highest BCUT2D eigenvalue weighted by Crippen LogP contribution is 2.23. The molecule has 0 unspecified atom stereocenters.